The summed E-state index contributed by atoms with van der Waals surface area (Å²) >= 11 is 3.45. The Labute approximate surface area is 98.2 Å². The first-order chi connectivity index (χ1) is 7.30. The molecule has 1 aliphatic carbocycles. The number of nitrogens with one attached hydrogen (secondary N) is 2. The third-order valence-corrected chi connectivity index (χ3v) is 4.12. The molecule has 2 heterocycles. The van der Waals surface area contributed by atoms with Crippen molar-refractivity contribution in [2.24, 2.45) is 0 Å². The second-order valence-electron chi connectivity index (χ2n) is 4.67. The molecule has 1 saturated carbocycles. The molecule has 1 fully saturated rings. The summed E-state index contributed by atoms with van der Waals surface area (Å²) in [5.41, 5.74) is 2.80. The van der Waals surface area contributed by atoms with Gasteiger partial charge in [-0.2, -0.15) is 0 Å². The summed E-state index contributed by atoms with van der Waals surface area (Å²) in [7, 11) is 0. The van der Waals surface area contributed by atoms with Crippen molar-refractivity contribution in [2.75, 3.05) is 6.54 Å². The van der Waals surface area contributed by atoms with E-state index < -0.39 is 0 Å². The van der Waals surface area contributed by atoms with E-state index in [1.54, 1.807) is 0 Å². The molecule has 1 aromatic rings. The molecule has 15 heavy (non-hydrogen) atoms. The van der Waals surface area contributed by atoms with E-state index >= 15 is 0 Å². The molecule has 82 valence electrons. The molecule has 0 bridgehead atoms. The Morgan fingerprint density at radius 1 is 1.20 bits per heavy atom. The number of aromatic amines is 1. The minimum atomic E-state index is 0.189. The number of halogens is 1. The van der Waals surface area contributed by atoms with Crippen LogP contribution < -0.4 is 5.32 Å². The first-order valence-electron chi connectivity index (χ1n) is 5.80. The van der Waals surface area contributed by atoms with Crippen LogP contribution in [-0.2, 0) is 12.0 Å². The van der Waals surface area contributed by atoms with Crippen molar-refractivity contribution in [1.29, 1.82) is 0 Å². The Balaban J connectivity index is 2.03. The Bertz CT molecular complexity index is 366. The normalized spacial score (nSPS) is 24.1. The van der Waals surface area contributed by atoms with E-state index in [0.717, 1.165) is 17.7 Å². The fourth-order valence-electron chi connectivity index (χ4n) is 3.03. The number of H-pyrrole nitrogens is 1. The van der Waals surface area contributed by atoms with Crippen LogP contribution in [0.3, 0.4) is 0 Å². The molecule has 3 rings (SSSR count). The number of hydrogen-bond acceptors (Lipinski definition) is 2. The van der Waals surface area contributed by atoms with Gasteiger partial charge in [-0.3, -0.25) is 0 Å². The Morgan fingerprint density at radius 3 is 2.80 bits per heavy atom. The molecule has 0 saturated heterocycles. The summed E-state index contributed by atoms with van der Waals surface area (Å²) in [5, 5.41) is 3.70. The van der Waals surface area contributed by atoms with Crippen LogP contribution in [0.1, 0.15) is 43.5 Å². The van der Waals surface area contributed by atoms with Gasteiger partial charge in [-0.15, -0.1) is 0 Å². The topological polar surface area (TPSA) is 40.7 Å². The zero-order valence-electron chi connectivity index (χ0n) is 8.77. The molecule has 1 aromatic heterocycles. The molecule has 0 atom stereocenters. The zero-order chi connectivity index (χ0) is 10.3. The Morgan fingerprint density at radius 2 is 2.00 bits per heavy atom. The quantitative estimate of drug-likeness (QED) is 0.760. The fraction of sp³-hybridized carbons (Fsp3) is 0.727. The molecule has 0 radical (unpaired) electrons. The van der Waals surface area contributed by atoms with Gasteiger partial charge < -0.3 is 10.3 Å². The van der Waals surface area contributed by atoms with E-state index in [0.29, 0.717) is 0 Å². The maximum Gasteiger partial charge on any atom is 0.174 e. The fourth-order valence-corrected chi connectivity index (χ4v) is 3.45. The van der Waals surface area contributed by atoms with Crippen LogP contribution in [0, 0.1) is 0 Å². The second-order valence-corrected chi connectivity index (χ2v) is 5.43. The average molecular weight is 270 g/mol. The molecule has 0 amide bonds. The predicted octanol–water partition coefficient (Wildman–Crippen LogP) is 2.48. The van der Waals surface area contributed by atoms with E-state index in [9.17, 15) is 0 Å². The lowest BCUT2D eigenvalue weighted by atomic mass is 9.76. The van der Waals surface area contributed by atoms with Gasteiger partial charge in [0.05, 0.1) is 11.2 Å². The highest BCUT2D eigenvalue weighted by Crippen LogP contribution is 2.40. The van der Waals surface area contributed by atoms with Gasteiger partial charge in [0.2, 0.25) is 0 Å². The van der Waals surface area contributed by atoms with Crippen molar-refractivity contribution in [1.82, 2.24) is 15.3 Å². The third kappa shape index (κ3) is 1.54. The number of imidazole rings is 1. The van der Waals surface area contributed by atoms with E-state index in [-0.39, 0.29) is 5.54 Å². The number of fused-ring (bicyclic) bond motifs is 2. The van der Waals surface area contributed by atoms with Crippen molar-refractivity contribution in [2.45, 2.75) is 44.1 Å². The summed E-state index contributed by atoms with van der Waals surface area (Å²) in [6.07, 6.45) is 7.61. The van der Waals surface area contributed by atoms with E-state index in [2.05, 4.69) is 31.2 Å². The van der Waals surface area contributed by atoms with Gasteiger partial charge in [-0.1, -0.05) is 19.3 Å². The molecular formula is C11H16BrN3. The molecule has 3 nitrogen and oxygen atoms in total. The van der Waals surface area contributed by atoms with Crippen molar-refractivity contribution in [3.8, 4) is 0 Å². The Kier molecular flexibility index (Phi) is 2.36. The van der Waals surface area contributed by atoms with Crippen molar-refractivity contribution in [3.63, 3.8) is 0 Å². The molecule has 0 unspecified atom stereocenters. The predicted molar refractivity (Wildman–Crippen MR) is 62.8 cm³/mol. The van der Waals surface area contributed by atoms with Gasteiger partial charge in [0, 0.05) is 18.7 Å². The van der Waals surface area contributed by atoms with Crippen LogP contribution in [0.5, 0.6) is 0 Å². The van der Waals surface area contributed by atoms with Crippen LogP contribution in [0.4, 0.5) is 0 Å². The third-order valence-electron chi connectivity index (χ3n) is 3.75. The highest BCUT2D eigenvalue weighted by Gasteiger charge is 2.39. The van der Waals surface area contributed by atoms with Crippen LogP contribution in [0.2, 0.25) is 0 Å². The number of nitrogens with zero attached hydrogens (tertiary/aromatic N) is 1. The molecular weight excluding hydrogens is 254 g/mol. The number of rotatable bonds is 0. The molecule has 2 aliphatic rings. The van der Waals surface area contributed by atoms with E-state index in [1.807, 2.05) is 0 Å². The summed E-state index contributed by atoms with van der Waals surface area (Å²) < 4.78 is 0.890. The minimum absolute atomic E-state index is 0.189. The van der Waals surface area contributed by atoms with E-state index in [1.165, 1.54) is 43.5 Å². The van der Waals surface area contributed by atoms with Gasteiger partial charge in [-0.05, 0) is 28.8 Å². The van der Waals surface area contributed by atoms with Gasteiger partial charge >= 0.3 is 0 Å². The zero-order valence-corrected chi connectivity index (χ0v) is 10.4. The second kappa shape index (κ2) is 3.59. The first kappa shape index (κ1) is 9.85. The van der Waals surface area contributed by atoms with Gasteiger partial charge in [0.1, 0.15) is 0 Å². The standard InChI is InChI=1S/C11H16BrN3/c12-10-14-8-4-7-13-11(9(8)15-10)5-2-1-3-6-11/h13H,1-7H2,(H,14,15). The van der Waals surface area contributed by atoms with Crippen molar-refractivity contribution in [3.05, 3.63) is 16.1 Å². The van der Waals surface area contributed by atoms with Gasteiger partial charge in [0.25, 0.3) is 0 Å². The minimum Gasteiger partial charge on any atom is -0.336 e. The lowest BCUT2D eigenvalue weighted by Crippen LogP contribution is -2.48. The number of hydrogen-bond donors (Lipinski definition) is 2. The highest BCUT2D eigenvalue weighted by atomic mass is 79.9. The number of aromatic nitrogens is 2. The van der Waals surface area contributed by atoms with Crippen LogP contribution in [0.15, 0.2) is 4.73 Å². The maximum absolute atomic E-state index is 4.63. The van der Waals surface area contributed by atoms with Crippen LogP contribution in [-0.4, -0.2) is 16.5 Å². The molecule has 1 spiro atoms. The monoisotopic (exact) mass is 269 g/mol. The van der Waals surface area contributed by atoms with E-state index in [4.69, 9.17) is 0 Å². The largest absolute Gasteiger partial charge is 0.336 e. The SMILES string of the molecule is Brc1nc2c([nH]1)CCNC21CCCCC1. The summed E-state index contributed by atoms with van der Waals surface area (Å²) in [6.45, 7) is 1.08. The van der Waals surface area contributed by atoms with Gasteiger partial charge in [-0.25, -0.2) is 4.98 Å². The average Bonchev–Trinajstić information content (AvgIpc) is 2.62. The highest BCUT2D eigenvalue weighted by molar-refractivity contribution is 9.10. The lowest BCUT2D eigenvalue weighted by molar-refractivity contribution is 0.216. The van der Waals surface area contributed by atoms with Crippen LogP contribution >= 0.6 is 15.9 Å². The maximum atomic E-state index is 4.63. The van der Waals surface area contributed by atoms with Crippen molar-refractivity contribution >= 4 is 15.9 Å². The molecule has 4 heteroatoms. The van der Waals surface area contributed by atoms with Gasteiger partial charge in [0.15, 0.2) is 4.73 Å². The summed E-state index contributed by atoms with van der Waals surface area (Å²) in [4.78, 5) is 7.96. The Hall–Kier alpha value is -0.350. The summed E-state index contributed by atoms with van der Waals surface area (Å²) in [6, 6.07) is 0. The lowest BCUT2D eigenvalue weighted by Gasteiger charge is -2.40. The van der Waals surface area contributed by atoms with Crippen LogP contribution in [0.25, 0.3) is 0 Å². The smallest absolute Gasteiger partial charge is 0.174 e. The molecule has 0 aromatic carbocycles. The van der Waals surface area contributed by atoms with Crippen molar-refractivity contribution < 1.29 is 0 Å². The first-order valence-corrected chi connectivity index (χ1v) is 6.59. The summed E-state index contributed by atoms with van der Waals surface area (Å²) in [5.74, 6) is 0. The molecule has 1 aliphatic heterocycles. The molecule has 2 N–H and O–H groups in total.